The summed E-state index contributed by atoms with van der Waals surface area (Å²) in [5.74, 6) is 1.80. The van der Waals surface area contributed by atoms with Crippen LogP contribution < -0.4 is 5.32 Å². The zero-order valence-electron chi connectivity index (χ0n) is 10.2. The van der Waals surface area contributed by atoms with E-state index in [2.05, 4.69) is 17.3 Å². The van der Waals surface area contributed by atoms with E-state index in [4.69, 9.17) is 4.42 Å². The maximum absolute atomic E-state index is 5.64. The van der Waals surface area contributed by atoms with Crippen LogP contribution in [0.3, 0.4) is 0 Å². The van der Waals surface area contributed by atoms with Gasteiger partial charge in [0.15, 0.2) is 5.76 Å². The molecule has 1 N–H and O–H groups in total. The van der Waals surface area contributed by atoms with E-state index in [1.54, 1.807) is 0 Å². The van der Waals surface area contributed by atoms with Gasteiger partial charge in [-0.2, -0.15) is 5.10 Å². The molecular weight excluding hydrogens is 202 g/mol. The van der Waals surface area contributed by atoms with E-state index in [0.29, 0.717) is 0 Å². The molecule has 16 heavy (non-hydrogen) atoms. The molecule has 0 saturated heterocycles. The summed E-state index contributed by atoms with van der Waals surface area (Å²) in [7, 11) is 3.87. The fraction of sp³-hybridized carbons (Fsp3) is 0.417. The number of rotatable bonds is 3. The first-order valence-electron chi connectivity index (χ1n) is 5.37. The third-order valence-electron chi connectivity index (χ3n) is 2.70. The molecule has 0 aromatic carbocycles. The molecule has 0 amide bonds. The van der Waals surface area contributed by atoms with Crippen LogP contribution in [-0.4, -0.2) is 16.8 Å². The van der Waals surface area contributed by atoms with Gasteiger partial charge in [-0.15, -0.1) is 0 Å². The molecule has 2 heterocycles. The van der Waals surface area contributed by atoms with Crippen LogP contribution in [0, 0.1) is 13.8 Å². The molecule has 0 unspecified atom stereocenters. The second-order valence-electron chi connectivity index (χ2n) is 3.98. The number of aryl methyl sites for hydroxylation is 2. The Morgan fingerprint density at radius 3 is 2.69 bits per heavy atom. The van der Waals surface area contributed by atoms with Crippen molar-refractivity contribution in [2.75, 3.05) is 7.05 Å². The maximum atomic E-state index is 5.64. The second kappa shape index (κ2) is 4.14. The molecule has 0 aliphatic heterocycles. The smallest absolute Gasteiger partial charge is 0.152 e. The Hall–Kier alpha value is -1.55. The van der Waals surface area contributed by atoms with Crippen molar-refractivity contribution in [3.8, 4) is 11.5 Å². The highest BCUT2D eigenvalue weighted by Gasteiger charge is 2.15. The lowest BCUT2D eigenvalue weighted by molar-refractivity contribution is 0.541. The molecule has 4 heteroatoms. The van der Waals surface area contributed by atoms with E-state index in [9.17, 15) is 0 Å². The fourth-order valence-electron chi connectivity index (χ4n) is 1.93. The van der Waals surface area contributed by atoms with Crippen LogP contribution in [0.1, 0.15) is 17.0 Å². The van der Waals surface area contributed by atoms with Crippen LogP contribution in [0.4, 0.5) is 0 Å². The van der Waals surface area contributed by atoms with Crippen LogP contribution >= 0.6 is 0 Å². The lowest BCUT2D eigenvalue weighted by atomic mass is 10.1. The lowest BCUT2D eigenvalue weighted by Crippen LogP contribution is -2.06. The molecule has 0 spiro atoms. The molecule has 4 nitrogen and oxygen atoms in total. The highest BCUT2D eigenvalue weighted by Crippen LogP contribution is 2.26. The number of furan rings is 1. The van der Waals surface area contributed by atoms with E-state index >= 15 is 0 Å². The quantitative estimate of drug-likeness (QED) is 0.858. The van der Waals surface area contributed by atoms with Gasteiger partial charge in [-0.25, -0.2) is 0 Å². The first-order chi connectivity index (χ1) is 7.63. The summed E-state index contributed by atoms with van der Waals surface area (Å²) in [5.41, 5.74) is 3.29. The Bertz CT molecular complexity index is 496. The predicted octanol–water partition coefficient (Wildman–Crippen LogP) is 2.02. The molecule has 0 fully saturated rings. The number of aromatic nitrogens is 2. The van der Waals surface area contributed by atoms with E-state index in [1.165, 1.54) is 5.56 Å². The van der Waals surface area contributed by atoms with Crippen molar-refractivity contribution in [3.05, 3.63) is 29.2 Å². The van der Waals surface area contributed by atoms with Gasteiger partial charge in [0.2, 0.25) is 0 Å². The van der Waals surface area contributed by atoms with Crippen molar-refractivity contribution in [2.24, 2.45) is 7.05 Å². The average Bonchev–Trinajstić information content (AvgIpc) is 2.74. The Morgan fingerprint density at radius 1 is 1.38 bits per heavy atom. The van der Waals surface area contributed by atoms with E-state index in [1.807, 2.05) is 37.8 Å². The van der Waals surface area contributed by atoms with Gasteiger partial charge in [0.25, 0.3) is 0 Å². The summed E-state index contributed by atoms with van der Waals surface area (Å²) in [6, 6.07) is 3.96. The zero-order valence-corrected chi connectivity index (χ0v) is 10.2. The van der Waals surface area contributed by atoms with Gasteiger partial charge >= 0.3 is 0 Å². The van der Waals surface area contributed by atoms with Gasteiger partial charge in [-0.1, -0.05) is 0 Å². The number of nitrogens with zero attached hydrogens (tertiary/aromatic N) is 2. The van der Waals surface area contributed by atoms with Crippen molar-refractivity contribution in [2.45, 2.75) is 20.4 Å². The van der Waals surface area contributed by atoms with Gasteiger partial charge in [0.05, 0.1) is 5.69 Å². The van der Waals surface area contributed by atoms with Crippen molar-refractivity contribution in [1.29, 1.82) is 0 Å². The average molecular weight is 219 g/mol. The van der Waals surface area contributed by atoms with Gasteiger partial charge < -0.3 is 9.73 Å². The Morgan fingerprint density at radius 2 is 2.12 bits per heavy atom. The zero-order chi connectivity index (χ0) is 11.7. The molecule has 2 rings (SSSR count). The van der Waals surface area contributed by atoms with E-state index < -0.39 is 0 Å². The second-order valence-corrected chi connectivity index (χ2v) is 3.98. The highest BCUT2D eigenvalue weighted by atomic mass is 16.3. The molecule has 2 aromatic rings. The molecule has 0 aliphatic carbocycles. The Kier molecular flexibility index (Phi) is 2.83. The third kappa shape index (κ3) is 1.76. The van der Waals surface area contributed by atoms with Crippen molar-refractivity contribution in [3.63, 3.8) is 0 Å². The van der Waals surface area contributed by atoms with Crippen molar-refractivity contribution >= 4 is 0 Å². The minimum atomic E-state index is 0.777. The molecule has 86 valence electrons. The number of hydrogen-bond acceptors (Lipinski definition) is 3. The van der Waals surface area contributed by atoms with Crippen LogP contribution in [0.5, 0.6) is 0 Å². The predicted molar refractivity (Wildman–Crippen MR) is 63.1 cm³/mol. The molecule has 0 bridgehead atoms. The Labute approximate surface area is 95.3 Å². The summed E-state index contributed by atoms with van der Waals surface area (Å²) in [4.78, 5) is 0. The van der Waals surface area contributed by atoms with Crippen LogP contribution in [0.25, 0.3) is 11.5 Å². The topological polar surface area (TPSA) is 43.0 Å². The Balaban J connectivity index is 2.48. The normalized spacial score (nSPS) is 11.0. The summed E-state index contributed by atoms with van der Waals surface area (Å²) < 4.78 is 7.52. The van der Waals surface area contributed by atoms with Gasteiger partial charge in [-0.05, 0) is 33.0 Å². The molecule has 0 saturated carbocycles. The summed E-state index contributed by atoms with van der Waals surface area (Å²) >= 11 is 0. The maximum Gasteiger partial charge on any atom is 0.152 e. The molecule has 0 radical (unpaired) electrons. The molecule has 0 atom stereocenters. The van der Waals surface area contributed by atoms with Crippen molar-refractivity contribution in [1.82, 2.24) is 15.1 Å². The van der Waals surface area contributed by atoms with Crippen LogP contribution in [0.15, 0.2) is 16.5 Å². The number of nitrogens with one attached hydrogen (secondary N) is 1. The minimum absolute atomic E-state index is 0.777. The molecular formula is C12H17N3O. The summed E-state index contributed by atoms with van der Waals surface area (Å²) in [6.07, 6.45) is 0. The van der Waals surface area contributed by atoms with Crippen LogP contribution in [0.2, 0.25) is 0 Å². The third-order valence-corrected chi connectivity index (χ3v) is 2.70. The summed E-state index contributed by atoms with van der Waals surface area (Å²) in [5, 5.41) is 7.60. The van der Waals surface area contributed by atoms with Gasteiger partial charge in [-0.3, -0.25) is 4.68 Å². The first-order valence-corrected chi connectivity index (χ1v) is 5.37. The minimum Gasteiger partial charge on any atom is -0.460 e. The fourth-order valence-corrected chi connectivity index (χ4v) is 1.93. The summed E-state index contributed by atoms with van der Waals surface area (Å²) in [6.45, 7) is 4.80. The van der Waals surface area contributed by atoms with Crippen LogP contribution in [-0.2, 0) is 13.6 Å². The standard InChI is InChI=1S/C12H17N3O/c1-8-5-6-11(16-8)12-9(2)10(7-13-3)14-15(12)4/h5-6,13H,7H2,1-4H3. The molecule has 0 aliphatic rings. The van der Waals surface area contributed by atoms with E-state index in [0.717, 1.165) is 29.5 Å². The van der Waals surface area contributed by atoms with Gasteiger partial charge in [0, 0.05) is 19.2 Å². The monoisotopic (exact) mass is 219 g/mol. The number of hydrogen-bond donors (Lipinski definition) is 1. The van der Waals surface area contributed by atoms with Crippen molar-refractivity contribution < 1.29 is 4.42 Å². The first kappa shape index (κ1) is 11.0. The SMILES string of the molecule is CNCc1nn(C)c(-c2ccc(C)o2)c1C. The van der Waals surface area contributed by atoms with E-state index in [-0.39, 0.29) is 0 Å². The molecule has 2 aromatic heterocycles. The highest BCUT2D eigenvalue weighted by molar-refractivity contribution is 5.59. The lowest BCUT2D eigenvalue weighted by Gasteiger charge is -1.99. The van der Waals surface area contributed by atoms with Gasteiger partial charge in [0.1, 0.15) is 11.5 Å². The largest absolute Gasteiger partial charge is 0.460 e.